The molecule has 0 aliphatic carbocycles. The number of hydrogen-bond donors (Lipinski definition) is 1. The van der Waals surface area contributed by atoms with Crippen LogP contribution in [0.25, 0.3) is 0 Å². The lowest BCUT2D eigenvalue weighted by Crippen LogP contribution is -2.42. The van der Waals surface area contributed by atoms with Crippen LogP contribution in [0.1, 0.15) is 39.0 Å². The van der Waals surface area contributed by atoms with E-state index in [1.807, 2.05) is 40.8 Å². The zero-order valence-corrected chi connectivity index (χ0v) is 12.7. The Morgan fingerprint density at radius 2 is 1.72 bits per heavy atom. The summed E-state index contributed by atoms with van der Waals surface area (Å²) in [5, 5.41) is 3.35. The van der Waals surface area contributed by atoms with Crippen molar-refractivity contribution in [3.63, 3.8) is 0 Å². The van der Waals surface area contributed by atoms with Gasteiger partial charge in [0.05, 0.1) is 0 Å². The monoisotopic (exact) mass is 251 g/mol. The topological polar surface area (TPSA) is 28.2 Å². The molecule has 1 fully saturated rings. The van der Waals surface area contributed by atoms with Gasteiger partial charge in [0.15, 0.2) is 0 Å². The lowest BCUT2D eigenvalue weighted by Gasteiger charge is -2.26. The summed E-state index contributed by atoms with van der Waals surface area (Å²) in [7, 11) is 0. The molecule has 3 heteroatoms. The molecule has 0 atom stereocenters. The predicted molar refractivity (Wildman–Crippen MR) is 79.8 cm³/mol. The molecule has 104 valence electrons. The fraction of sp³-hybridized carbons (Fsp3) is 0.667. The molecule has 2 heterocycles. The van der Waals surface area contributed by atoms with Crippen molar-refractivity contribution < 1.29 is 0 Å². The van der Waals surface area contributed by atoms with Gasteiger partial charge in [0, 0.05) is 44.6 Å². The predicted octanol–water partition coefficient (Wildman–Crippen LogP) is 2.85. The van der Waals surface area contributed by atoms with Crippen molar-refractivity contribution in [1.29, 1.82) is 0 Å². The Bertz CT molecular complexity index is 276. The number of piperazine rings is 1. The van der Waals surface area contributed by atoms with Crippen molar-refractivity contribution in [2.75, 3.05) is 26.2 Å². The first-order chi connectivity index (χ1) is 8.84. The second-order valence-corrected chi connectivity index (χ2v) is 3.83. The summed E-state index contributed by atoms with van der Waals surface area (Å²) in [6.45, 7) is 15.6. The summed E-state index contributed by atoms with van der Waals surface area (Å²) in [4.78, 5) is 6.76. The molecule has 0 unspecified atom stereocenters. The molecule has 0 radical (unpaired) electrons. The molecule has 0 spiro atoms. The third-order valence-corrected chi connectivity index (χ3v) is 2.59. The molecule has 1 aliphatic rings. The van der Waals surface area contributed by atoms with Crippen LogP contribution in [-0.2, 0) is 6.54 Å². The summed E-state index contributed by atoms with van der Waals surface area (Å²) in [5.41, 5.74) is 2.41. The molecule has 1 aliphatic heterocycles. The van der Waals surface area contributed by atoms with Gasteiger partial charge < -0.3 is 5.32 Å². The van der Waals surface area contributed by atoms with E-state index in [0.29, 0.717) is 0 Å². The van der Waals surface area contributed by atoms with Crippen LogP contribution >= 0.6 is 0 Å². The van der Waals surface area contributed by atoms with Crippen molar-refractivity contribution in [1.82, 2.24) is 15.2 Å². The average Bonchev–Trinajstić information content (AvgIpc) is 2.47. The molecule has 1 N–H and O–H groups in total. The molecule has 2 rings (SSSR count). The van der Waals surface area contributed by atoms with Crippen molar-refractivity contribution in [2.24, 2.45) is 0 Å². The lowest BCUT2D eigenvalue weighted by atomic mass is 10.2. The highest BCUT2D eigenvalue weighted by Gasteiger charge is 2.09. The van der Waals surface area contributed by atoms with E-state index in [0.717, 1.165) is 38.4 Å². The molecule has 0 aromatic carbocycles. The van der Waals surface area contributed by atoms with Crippen molar-refractivity contribution in [2.45, 2.75) is 41.2 Å². The molecule has 0 bridgehead atoms. The maximum absolute atomic E-state index is 4.30. The molecule has 1 aromatic heterocycles. The SMILES string of the molecule is CC.CC.Cc1ccc(CN2CCNCC2)cn1. The highest BCUT2D eigenvalue weighted by molar-refractivity contribution is 5.13. The van der Waals surface area contributed by atoms with Crippen LogP contribution in [-0.4, -0.2) is 36.1 Å². The number of nitrogens with one attached hydrogen (secondary N) is 1. The fourth-order valence-corrected chi connectivity index (χ4v) is 1.72. The summed E-state index contributed by atoms with van der Waals surface area (Å²) >= 11 is 0. The zero-order valence-electron chi connectivity index (χ0n) is 12.7. The van der Waals surface area contributed by atoms with Crippen LogP contribution in [0, 0.1) is 6.92 Å². The van der Waals surface area contributed by atoms with Crippen LogP contribution in [0.5, 0.6) is 0 Å². The Balaban J connectivity index is 0.000000659. The first kappa shape index (κ1) is 17.1. The van der Waals surface area contributed by atoms with Crippen LogP contribution in [0.15, 0.2) is 18.3 Å². The molecule has 0 saturated carbocycles. The van der Waals surface area contributed by atoms with Gasteiger partial charge in [0.25, 0.3) is 0 Å². The first-order valence-electron chi connectivity index (χ1n) is 7.19. The van der Waals surface area contributed by atoms with Gasteiger partial charge >= 0.3 is 0 Å². The van der Waals surface area contributed by atoms with E-state index in [1.165, 1.54) is 5.56 Å². The molecule has 1 saturated heterocycles. The van der Waals surface area contributed by atoms with Crippen molar-refractivity contribution >= 4 is 0 Å². The van der Waals surface area contributed by atoms with Crippen LogP contribution in [0.2, 0.25) is 0 Å². The second kappa shape index (κ2) is 11.2. The fourth-order valence-electron chi connectivity index (χ4n) is 1.72. The number of rotatable bonds is 2. The van der Waals surface area contributed by atoms with Crippen LogP contribution in [0.4, 0.5) is 0 Å². The van der Waals surface area contributed by atoms with Gasteiger partial charge in [-0.15, -0.1) is 0 Å². The largest absolute Gasteiger partial charge is 0.314 e. The Morgan fingerprint density at radius 3 is 2.22 bits per heavy atom. The van der Waals surface area contributed by atoms with E-state index in [1.54, 1.807) is 0 Å². The maximum Gasteiger partial charge on any atom is 0.0372 e. The molecule has 1 aromatic rings. The normalized spacial score (nSPS) is 14.9. The Hall–Kier alpha value is -0.930. The highest BCUT2D eigenvalue weighted by atomic mass is 15.2. The highest BCUT2D eigenvalue weighted by Crippen LogP contribution is 2.04. The van der Waals surface area contributed by atoms with Crippen LogP contribution < -0.4 is 5.32 Å². The van der Waals surface area contributed by atoms with E-state index in [-0.39, 0.29) is 0 Å². The van der Waals surface area contributed by atoms with Crippen LogP contribution in [0.3, 0.4) is 0 Å². The Labute approximate surface area is 113 Å². The van der Waals surface area contributed by atoms with E-state index >= 15 is 0 Å². The van der Waals surface area contributed by atoms with Gasteiger partial charge in [0.2, 0.25) is 0 Å². The smallest absolute Gasteiger partial charge is 0.0372 e. The van der Waals surface area contributed by atoms with Crippen molar-refractivity contribution in [3.05, 3.63) is 29.6 Å². The van der Waals surface area contributed by atoms with E-state index in [4.69, 9.17) is 0 Å². The summed E-state index contributed by atoms with van der Waals surface area (Å²) in [5.74, 6) is 0. The minimum absolute atomic E-state index is 1.04. The summed E-state index contributed by atoms with van der Waals surface area (Å²) in [6, 6.07) is 4.25. The number of pyridine rings is 1. The summed E-state index contributed by atoms with van der Waals surface area (Å²) in [6.07, 6.45) is 1.98. The van der Waals surface area contributed by atoms with Gasteiger partial charge in [-0.2, -0.15) is 0 Å². The van der Waals surface area contributed by atoms with E-state index < -0.39 is 0 Å². The third kappa shape index (κ3) is 6.72. The molecule has 0 amide bonds. The number of hydrogen-bond acceptors (Lipinski definition) is 3. The third-order valence-electron chi connectivity index (χ3n) is 2.59. The van der Waals surface area contributed by atoms with Gasteiger partial charge in [-0.1, -0.05) is 33.8 Å². The molecule has 18 heavy (non-hydrogen) atoms. The quantitative estimate of drug-likeness (QED) is 0.876. The average molecular weight is 251 g/mol. The van der Waals surface area contributed by atoms with Gasteiger partial charge in [-0.3, -0.25) is 9.88 Å². The standard InChI is InChI=1S/C11H17N3.2C2H6/c1-10-2-3-11(8-13-10)9-14-6-4-12-5-7-14;2*1-2/h2-3,8,12H,4-7,9H2,1H3;2*1-2H3. The number of nitrogens with zero attached hydrogens (tertiary/aromatic N) is 2. The second-order valence-electron chi connectivity index (χ2n) is 3.83. The number of aromatic nitrogens is 1. The van der Waals surface area contributed by atoms with E-state index in [2.05, 4.69) is 27.3 Å². The van der Waals surface area contributed by atoms with Crippen molar-refractivity contribution in [3.8, 4) is 0 Å². The number of aryl methyl sites for hydroxylation is 1. The molecular formula is C15H29N3. The molecule has 3 nitrogen and oxygen atoms in total. The Kier molecular flexibility index (Phi) is 10.6. The first-order valence-corrected chi connectivity index (χ1v) is 7.19. The Morgan fingerprint density at radius 1 is 1.11 bits per heavy atom. The minimum Gasteiger partial charge on any atom is -0.314 e. The van der Waals surface area contributed by atoms with Gasteiger partial charge in [-0.25, -0.2) is 0 Å². The van der Waals surface area contributed by atoms with Gasteiger partial charge in [-0.05, 0) is 18.6 Å². The zero-order chi connectivity index (χ0) is 13.8. The maximum atomic E-state index is 4.30. The lowest BCUT2D eigenvalue weighted by molar-refractivity contribution is 0.233. The minimum atomic E-state index is 1.04. The van der Waals surface area contributed by atoms with Gasteiger partial charge in [0.1, 0.15) is 0 Å². The molecular weight excluding hydrogens is 222 g/mol. The van der Waals surface area contributed by atoms with E-state index in [9.17, 15) is 0 Å². The summed E-state index contributed by atoms with van der Waals surface area (Å²) < 4.78 is 0.